The van der Waals surface area contributed by atoms with Gasteiger partial charge in [-0.3, -0.25) is 4.79 Å². The molecular weight excluding hydrogens is 228 g/mol. The number of aryl methyl sites for hydroxylation is 1. The van der Waals surface area contributed by atoms with Crippen molar-refractivity contribution in [1.29, 1.82) is 0 Å². The first-order chi connectivity index (χ1) is 8.58. The topological polar surface area (TPSA) is 72.9 Å². The van der Waals surface area contributed by atoms with E-state index in [-0.39, 0.29) is 11.9 Å². The van der Waals surface area contributed by atoms with Gasteiger partial charge in [0.2, 0.25) is 5.91 Å². The molecule has 0 bridgehead atoms. The Bertz CT molecular complexity index is 561. The predicted molar refractivity (Wildman–Crippen MR) is 70.8 cm³/mol. The largest absolute Gasteiger partial charge is 0.370 e. The Kier molecular flexibility index (Phi) is 3.62. The summed E-state index contributed by atoms with van der Waals surface area (Å²) in [6.07, 6.45) is 0.337. The summed E-state index contributed by atoms with van der Waals surface area (Å²) in [6, 6.07) is 8.06. The standard InChI is InChI=1S/C13H18N4O/c1-9(7-12(14)18)15-8-13-16-10-5-3-4-6-11(10)17(13)2/h3-6,9,15H,7-8H2,1-2H3,(H2,14,18). The van der Waals surface area contributed by atoms with Crippen LogP contribution >= 0.6 is 0 Å². The number of nitrogens with zero attached hydrogens (tertiary/aromatic N) is 2. The zero-order chi connectivity index (χ0) is 13.1. The van der Waals surface area contributed by atoms with Crippen LogP contribution in [-0.4, -0.2) is 21.5 Å². The van der Waals surface area contributed by atoms with Crippen LogP contribution in [-0.2, 0) is 18.4 Å². The summed E-state index contributed by atoms with van der Waals surface area (Å²) in [6.45, 7) is 2.56. The zero-order valence-electron chi connectivity index (χ0n) is 10.7. The Morgan fingerprint density at radius 3 is 2.89 bits per heavy atom. The van der Waals surface area contributed by atoms with Crippen molar-refractivity contribution in [3.05, 3.63) is 30.1 Å². The first-order valence-electron chi connectivity index (χ1n) is 6.00. The molecular formula is C13H18N4O. The molecule has 1 aromatic carbocycles. The molecule has 5 nitrogen and oxygen atoms in total. The molecule has 1 heterocycles. The van der Waals surface area contributed by atoms with Crippen LogP contribution in [0.3, 0.4) is 0 Å². The summed E-state index contributed by atoms with van der Waals surface area (Å²) >= 11 is 0. The number of imidazole rings is 1. The smallest absolute Gasteiger partial charge is 0.218 e. The Balaban J connectivity index is 2.08. The minimum Gasteiger partial charge on any atom is -0.370 e. The van der Waals surface area contributed by atoms with Crippen molar-refractivity contribution in [2.24, 2.45) is 12.8 Å². The molecule has 3 N–H and O–H groups in total. The van der Waals surface area contributed by atoms with Gasteiger partial charge in [-0.1, -0.05) is 12.1 Å². The molecule has 5 heteroatoms. The SMILES string of the molecule is CC(CC(N)=O)NCc1nc2ccccc2n1C. The van der Waals surface area contributed by atoms with Crippen molar-refractivity contribution in [3.63, 3.8) is 0 Å². The number of para-hydroxylation sites is 2. The molecule has 1 amide bonds. The van der Waals surface area contributed by atoms with Gasteiger partial charge in [0.25, 0.3) is 0 Å². The van der Waals surface area contributed by atoms with Gasteiger partial charge in [0, 0.05) is 19.5 Å². The van der Waals surface area contributed by atoms with Gasteiger partial charge in [-0.2, -0.15) is 0 Å². The van der Waals surface area contributed by atoms with Gasteiger partial charge >= 0.3 is 0 Å². The molecule has 0 saturated carbocycles. The predicted octanol–water partition coefficient (Wildman–Crippen LogP) is 0.927. The maximum atomic E-state index is 10.8. The second kappa shape index (κ2) is 5.18. The molecule has 2 rings (SSSR count). The number of hydrogen-bond acceptors (Lipinski definition) is 3. The molecule has 0 fully saturated rings. The first-order valence-corrected chi connectivity index (χ1v) is 6.00. The number of aromatic nitrogens is 2. The second-order valence-electron chi connectivity index (χ2n) is 4.53. The lowest BCUT2D eigenvalue weighted by Crippen LogP contribution is -2.31. The van der Waals surface area contributed by atoms with E-state index in [9.17, 15) is 4.79 Å². The van der Waals surface area contributed by atoms with Gasteiger partial charge in [-0.25, -0.2) is 4.98 Å². The molecule has 0 radical (unpaired) electrons. The van der Waals surface area contributed by atoms with Crippen molar-refractivity contribution >= 4 is 16.9 Å². The number of hydrogen-bond donors (Lipinski definition) is 2. The third-order valence-electron chi connectivity index (χ3n) is 3.00. The lowest BCUT2D eigenvalue weighted by atomic mass is 10.2. The lowest BCUT2D eigenvalue weighted by molar-refractivity contribution is -0.118. The van der Waals surface area contributed by atoms with Gasteiger partial charge in [0.05, 0.1) is 17.6 Å². The third-order valence-corrected chi connectivity index (χ3v) is 3.00. The maximum Gasteiger partial charge on any atom is 0.218 e. The van der Waals surface area contributed by atoms with Crippen LogP contribution in [0.4, 0.5) is 0 Å². The number of fused-ring (bicyclic) bond motifs is 1. The van der Waals surface area contributed by atoms with E-state index in [0.717, 1.165) is 16.9 Å². The highest BCUT2D eigenvalue weighted by molar-refractivity contribution is 5.75. The van der Waals surface area contributed by atoms with Crippen LogP contribution in [0.25, 0.3) is 11.0 Å². The molecule has 1 unspecified atom stereocenters. The summed E-state index contributed by atoms with van der Waals surface area (Å²) < 4.78 is 2.05. The summed E-state index contributed by atoms with van der Waals surface area (Å²) in [7, 11) is 1.99. The maximum absolute atomic E-state index is 10.8. The Morgan fingerprint density at radius 2 is 2.22 bits per heavy atom. The summed E-state index contributed by atoms with van der Waals surface area (Å²) in [5.74, 6) is 0.660. The fraction of sp³-hybridized carbons (Fsp3) is 0.385. The molecule has 0 spiro atoms. The quantitative estimate of drug-likeness (QED) is 0.824. The van der Waals surface area contributed by atoms with E-state index in [2.05, 4.69) is 14.9 Å². The van der Waals surface area contributed by atoms with Gasteiger partial charge in [-0.15, -0.1) is 0 Å². The highest BCUT2D eigenvalue weighted by Gasteiger charge is 2.09. The van der Waals surface area contributed by atoms with Crippen LogP contribution in [0.1, 0.15) is 19.2 Å². The van der Waals surface area contributed by atoms with E-state index >= 15 is 0 Å². The number of carbonyl (C=O) groups is 1. The van der Waals surface area contributed by atoms with Gasteiger partial charge in [-0.05, 0) is 19.1 Å². The Morgan fingerprint density at radius 1 is 1.50 bits per heavy atom. The van der Waals surface area contributed by atoms with E-state index in [1.807, 2.05) is 38.2 Å². The summed E-state index contributed by atoms with van der Waals surface area (Å²) in [5, 5.41) is 3.25. The highest BCUT2D eigenvalue weighted by Crippen LogP contribution is 2.14. The number of rotatable bonds is 5. The fourth-order valence-electron chi connectivity index (χ4n) is 1.99. The van der Waals surface area contributed by atoms with Gasteiger partial charge < -0.3 is 15.6 Å². The van der Waals surface area contributed by atoms with Crippen LogP contribution < -0.4 is 11.1 Å². The Hall–Kier alpha value is -1.88. The molecule has 0 aliphatic carbocycles. The molecule has 2 aromatic rings. The van der Waals surface area contributed by atoms with Crippen LogP contribution in [0.5, 0.6) is 0 Å². The summed E-state index contributed by atoms with van der Waals surface area (Å²) in [5.41, 5.74) is 7.25. The molecule has 18 heavy (non-hydrogen) atoms. The van der Waals surface area contributed by atoms with Gasteiger partial charge in [0.1, 0.15) is 5.82 Å². The zero-order valence-corrected chi connectivity index (χ0v) is 10.7. The third kappa shape index (κ3) is 2.68. The van der Waals surface area contributed by atoms with E-state index in [4.69, 9.17) is 5.73 Å². The highest BCUT2D eigenvalue weighted by atomic mass is 16.1. The molecule has 0 aliphatic rings. The number of primary amides is 1. The number of carbonyl (C=O) groups excluding carboxylic acids is 1. The average molecular weight is 246 g/mol. The van der Waals surface area contributed by atoms with Crippen LogP contribution in [0.15, 0.2) is 24.3 Å². The summed E-state index contributed by atoms with van der Waals surface area (Å²) in [4.78, 5) is 15.3. The van der Waals surface area contributed by atoms with Crippen molar-refractivity contribution in [1.82, 2.24) is 14.9 Å². The van der Waals surface area contributed by atoms with Crippen molar-refractivity contribution < 1.29 is 4.79 Å². The fourth-order valence-corrected chi connectivity index (χ4v) is 1.99. The van der Waals surface area contributed by atoms with Crippen LogP contribution in [0, 0.1) is 0 Å². The number of nitrogens with one attached hydrogen (secondary N) is 1. The number of amides is 1. The van der Waals surface area contributed by atoms with Crippen molar-refractivity contribution in [2.45, 2.75) is 25.9 Å². The molecule has 0 saturated heterocycles. The molecule has 1 aromatic heterocycles. The Labute approximate surface area is 106 Å². The normalized spacial score (nSPS) is 12.8. The number of nitrogens with two attached hydrogens (primary N) is 1. The average Bonchev–Trinajstić information content (AvgIpc) is 2.64. The van der Waals surface area contributed by atoms with E-state index in [1.165, 1.54) is 0 Å². The minimum atomic E-state index is -0.292. The second-order valence-corrected chi connectivity index (χ2v) is 4.53. The van der Waals surface area contributed by atoms with Gasteiger partial charge in [0.15, 0.2) is 0 Å². The number of benzene rings is 1. The van der Waals surface area contributed by atoms with Crippen molar-refractivity contribution in [2.75, 3.05) is 0 Å². The van der Waals surface area contributed by atoms with Crippen LogP contribution in [0.2, 0.25) is 0 Å². The molecule has 96 valence electrons. The minimum absolute atomic E-state index is 0.0577. The monoisotopic (exact) mass is 246 g/mol. The lowest BCUT2D eigenvalue weighted by Gasteiger charge is -2.11. The molecule has 1 atom stereocenters. The van der Waals surface area contributed by atoms with E-state index < -0.39 is 0 Å². The molecule has 0 aliphatic heterocycles. The van der Waals surface area contributed by atoms with Crippen molar-refractivity contribution in [3.8, 4) is 0 Å². The van der Waals surface area contributed by atoms with E-state index in [1.54, 1.807) is 0 Å². The van der Waals surface area contributed by atoms with E-state index in [0.29, 0.717) is 13.0 Å². The first kappa shape index (κ1) is 12.6.